The van der Waals surface area contributed by atoms with E-state index in [4.69, 9.17) is 11.2 Å². The van der Waals surface area contributed by atoms with Crippen LogP contribution in [0.3, 0.4) is 0 Å². The number of fused-ring (bicyclic) bond motifs is 1. The van der Waals surface area contributed by atoms with Gasteiger partial charge in [-0.15, -0.1) is 6.42 Å². The van der Waals surface area contributed by atoms with E-state index in [0.717, 1.165) is 21.5 Å². The number of hydrogen-bond donors (Lipinski definition) is 0. The highest BCUT2D eigenvalue weighted by atomic mass is 32.1. The van der Waals surface area contributed by atoms with Gasteiger partial charge in [0.15, 0.2) is 4.80 Å². The number of carbonyl (C=O) groups excluding carboxylic acids is 1. The molecule has 1 heterocycles. The zero-order valence-electron chi connectivity index (χ0n) is 14.4. The smallest absolute Gasteiger partial charge is 0.272 e. The zero-order valence-corrected chi connectivity index (χ0v) is 15.2. The van der Waals surface area contributed by atoms with Crippen LogP contribution in [0.15, 0.2) is 59.6 Å². The molecule has 0 bridgehead atoms. The van der Waals surface area contributed by atoms with Crippen molar-refractivity contribution in [3.63, 3.8) is 0 Å². The van der Waals surface area contributed by atoms with Gasteiger partial charge in [0, 0.05) is 6.08 Å². The van der Waals surface area contributed by atoms with Gasteiger partial charge >= 0.3 is 0 Å². The van der Waals surface area contributed by atoms with E-state index in [1.54, 1.807) is 6.08 Å². The van der Waals surface area contributed by atoms with Gasteiger partial charge in [0.2, 0.25) is 0 Å². The number of hydrogen-bond acceptors (Lipinski definition) is 3. The molecule has 0 N–H and O–H groups in total. The van der Waals surface area contributed by atoms with Crippen LogP contribution >= 0.6 is 11.3 Å². The summed E-state index contributed by atoms with van der Waals surface area (Å²) < 4.78 is 8.38. The summed E-state index contributed by atoms with van der Waals surface area (Å²) in [5, 5.41) is 0. The van der Waals surface area contributed by atoms with Gasteiger partial charge in [-0.25, -0.2) is 0 Å². The van der Waals surface area contributed by atoms with E-state index in [-0.39, 0.29) is 5.91 Å². The Morgan fingerprint density at radius 1 is 1.31 bits per heavy atom. The van der Waals surface area contributed by atoms with Crippen LogP contribution < -0.4 is 9.54 Å². The summed E-state index contributed by atoms with van der Waals surface area (Å²) in [6.07, 6.45) is 8.70. The second-order valence-corrected chi connectivity index (χ2v) is 6.44. The average molecular weight is 362 g/mol. The van der Waals surface area contributed by atoms with Gasteiger partial charge in [-0.3, -0.25) is 4.79 Å². The molecule has 0 saturated heterocycles. The van der Waals surface area contributed by atoms with Crippen LogP contribution in [-0.4, -0.2) is 17.1 Å². The molecule has 0 saturated carbocycles. The summed E-state index contributed by atoms with van der Waals surface area (Å²) in [4.78, 5) is 17.1. The van der Waals surface area contributed by atoms with E-state index in [9.17, 15) is 4.79 Å². The highest BCUT2D eigenvalue weighted by molar-refractivity contribution is 7.16. The molecule has 0 unspecified atom stereocenters. The lowest BCUT2D eigenvalue weighted by Crippen LogP contribution is -2.15. The number of nitrogens with zero attached hydrogens (tertiary/aromatic N) is 2. The van der Waals surface area contributed by atoms with Crippen molar-refractivity contribution in [2.45, 2.75) is 13.5 Å². The Morgan fingerprint density at radius 3 is 2.85 bits per heavy atom. The number of rotatable bonds is 5. The maximum absolute atomic E-state index is 12.3. The largest absolute Gasteiger partial charge is 0.494 e. The first-order valence-corrected chi connectivity index (χ1v) is 9.04. The van der Waals surface area contributed by atoms with Gasteiger partial charge < -0.3 is 9.30 Å². The lowest BCUT2D eigenvalue weighted by Gasteiger charge is -2.03. The van der Waals surface area contributed by atoms with Crippen molar-refractivity contribution in [1.82, 2.24) is 4.57 Å². The minimum atomic E-state index is -0.323. The summed E-state index contributed by atoms with van der Waals surface area (Å²) in [6.45, 7) is 2.89. The van der Waals surface area contributed by atoms with Crippen LogP contribution in [-0.2, 0) is 11.3 Å². The fourth-order valence-electron chi connectivity index (χ4n) is 2.50. The van der Waals surface area contributed by atoms with E-state index in [0.29, 0.717) is 18.0 Å². The maximum atomic E-state index is 12.3. The first kappa shape index (κ1) is 17.7. The monoisotopic (exact) mass is 362 g/mol. The molecule has 26 heavy (non-hydrogen) atoms. The van der Waals surface area contributed by atoms with Crippen LogP contribution in [0.5, 0.6) is 5.75 Å². The molecule has 0 aliphatic rings. The maximum Gasteiger partial charge on any atom is 0.272 e. The number of terminal acetylenes is 1. The standard InChI is InChI=1S/C21H18N2O2S/c1-3-14-23-18-12-11-17(25-4-2)15-19(18)26-21(23)22-20(24)13-10-16-8-6-5-7-9-16/h1,5-13,15H,4,14H2,2H3. The minimum Gasteiger partial charge on any atom is -0.494 e. The lowest BCUT2D eigenvalue weighted by molar-refractivity contribution is -0.113. The molecule has 1 aromatic heterocycles. The molecule has 0 aliphatic heterocycles. The van der Waals surface area contributed by atoms with Crippen molar-refractivity contribution in [2.75, 3.05) is 6.61 Å². The van der Waals surface area contributed by atoms with Crippen LogP contribution in [0.2, 0.25) is 0 Å². The molecule has 130 valence electrons. The van der Waals surface area contributed by atoms with E-state index >= 15 is 0 Å². The number of thiazole rings is 1. The molecular weight excluding hydrogens is 344 g/mol. The van der Waals surface area contributed by atoms with Crippen LogP contribution in [0.25, 0.3) is 16.3 Å². The lowest BCUT2D eigenvalue weighted by atomic mass is 10.2. The Kier molecular flexibility index (Phi) is 5.67. The quantitative estimate of drug-likeness (QED) is 0.511. The third kappa shape index (κ3) is 4.11. The minimum absolute atomic E-state index is 0.323. The molecule has 3 aromatic rings. The van der Waals surface area contributed by atoms with Crippen LogP contribution in [0, 0.1) is 12.3 Å². The Labute approximate surface area is 156 Å². The van der Waals surface area contributed by atoms with Crippen molar-refractivity contribution in [1.29, 1.82) is 0 Å². The van der Waals surface area contributed by atoms with E-state index in [1.807, 2.05) is 60.0 Å². The van der Waals surface area contributed by atoms with Gasteiger partial charge in [-0.1, -0.05) is 47.6 Å². The van der Waals surface area contributed by atoms with Crippen molar-refractivity contribution < 1.29 is 9.53 Å². The summed E-state index contributed by atoms with van der Waals surface area (Å²) in [6, 6.07) is 15.4. The van der Waals surface area contributed by atoms with Gasteiger partial charge in [0.25, 0.3) is 5.91 Å². The summed E-state index contributed by atoms with van der Waals surface area (Å²) in [5.74, 6) is 3.09. The molecule has 5 heteroatoms. The van der Waals surface area contributed by atoms with E-state index < -0.39 is 0 Å². The second kappa shape index (κ2) is 8.32. The Hall–Kier alpha value is -3.10. The predicted molar refractivity (Wildman–Crippen MR) is 106 cm³/mol. The Balaban J connectivity index is 1.98. The predicted octanol–water partition coefficient (Wildman–Crippen LogP) is 3.88. The van der Waals surface area contributed by atoms with Crippen molar-refractivity contribution in [2.24, 2.45) is 4.99 Å². The number of aromatic nitrogens is 1. The van der Waals surface area contributed by atoms with Gasteiger partial charge in [-0.05, 0) is 36.8 Å². The topological polar surface area (TPSA) is 43.6 Å². The SMILES string of the molecule is C#CCn1c(=NC(=O)C=Cc2ccccc2)sc2cc(OCC)ccc21. The molecule has 0 spiro atoms. The molecule has 0 radical (unpaired) electrons. The normalized spacial score (nSPS) is 11.8. The van der Waals surface area contributed by atoms with Crippen LogP contribution in [0.1, 0.15) is 12.5 Å². The fraction of sp³-hybridized carbons (Fsp3) is 0.143. The molecule has 0 atom stereocenters. The molecule has 1 amide bonds. The Morgan fingerprint density at radius 2 is 2.12 bits per heavy atom. The average Bonchev–Trinajstić information content (AvgIpc) is 2.98. The van der Waals surface area contributed by atoms with E-state index in [1.165, 1.54) is 17.4 Å². The summed E-state index contributed by atoms with van der Waals surface area (Å²) >= 11 is 1.42. The molecule has 4 nitrogen and oxygen atoms in total. The van der Waals surface area contributed by atoms with Gasteiger partial charge in [-0.2, -0.15) is 4.99 Å². The van der Waals surface area contributed by atoms with Crippen LogP contribution in [0.4, 0.5) is 0 Å². The third-order valence-electron chi connectivity index (χ3n) is 3.64. The fourth-order valence-corrected chi connectivity index (χ4v) is 3.57. The zero-order chi connectivity index (χ0) is 18.4. The van der Waals surface area contributed by atoms with Gasteiger partial charge in [0.1, 0.15) is 5.75 Å². The first-order valence-electron chi connectivity index (χ1n) is 8.22. The molecule has 2 aromatic carbocycles. The third-order valence-corrected chi connectivity index (χ3v) is 4.68. The summed E-state index contributed by atoms with van der Waals surface area (Å²) in [7, 11) is 0. The molecular formula is C21H18N2O2S. The highest BCUT2D eigenvalue weighted by Gasteiger charge is 2.08. The number of benzene rings is 2. The first-order chi connectivity index (χ1) is 12.7. The summed E-state index contributed by atoms with van der Waals surface area (Å²) in [5.41, 5.74) is 1.89. The number of ether oxygens (including phenoxy) is 1. The molecule has 0 fully saturated rings. The second-order valence-electron chi connectivity index (χ2n) is 5.43. The van der Waals surface area contributed by atoms with Crippen molar-refractivity contribution >= 4 is 33.5 Å². The highest BCUT2D eigenvalue weighted by Crippen LogP contribution is 2.23. The number of amides is 1. The molecule has 0 aliphatic carbocycles. The van der Waals surface area contributed by atoms with E-state index in [2.05, 4.69) is 10.9 Å². The Bertz CT molecular complexity index is 1050. The van der Waals surface area contributed by atoms with Crippen molar-refractivity contribution in [3.05, 3.63) is 65.0 Å². The number of carbonyl (C=O) groups is 1. The van der Waals surface area contributed by atoms with Gasteiger partial charge in [0.05, 0.1) is 23.4 Å². The van der Waals surface area contributed by atoms with Crippen molar-refractivity contribution in [3.8, 4) is 18.1 Å². The molecule has 3 rings (SSSR count).